The van der Waals surface area contributed by atoms with E-state index in [1.54, 1.807) is 6.08 Å². The number of hydrogen-bond acceptors (Lipinski definition) is 3. The van der Waals surface area contributed by atoms with Crippen LogP contribution in [0.25, 0.3) is 6.08 Å². The number of hydrogen-bond donors (Lipinski definition) is 3. The van der Waals surface area contributed by atoms with Crippen molar-refractivity contribution in [3.05, 3.63) is 42.0 Å². The van der Waals surface area contributed by atoms with Crippen molar-refractivity contribution >= 4 is 6.08 Å². The molecule has 3 nitrogen and oxygen atoms in total. The fourth-order valence-corrected chi connectivity index (χ4v) is 1.50. The van der Waals surface area contributed by atoms with Gasteiger partial charge in [0.15, 0.2) is 0 Å². The molecule has 2 atom stereocenters. The predicted octanol–water partition coefficient (Wildman–Crippen LogP) is 1.33. The lowest BCUT2D eigenvalue weighted by molar-refractivity contribution is 0.0140. The average Bonchev–Trinajstić information content (AvgIpc) is 2.35. The summed E-state index contributed by atoms with van der Waals surface area (Å²) in [6, 6.07) is 7.36. The zero-order chi connectivity index (χ0) is 12.0. The molecule has 1 rings (SSSR count). The first-order chi connectivity index (χ1) is 7.69. The van der Waals surface area contributed by atoms with E-state index in [1.165, 1.54) is 0 Å². The van der Waals surface area contributed by atoms with E-state index < -0.39 is 12.2 Å². The standard InChI is InChI=1S/C13H19NO2/c1-3-10-4-6-11(7-5-10)13(16)12(15)8-9-14-2/h3-7,12-16H,1,8-9H2,2H3. The van der Waals surface area contributed by atoms with Crippen LogP contribution >= 0.6 is 0 Å². The zero-order valence-corrected chi connectivity index (χ0v) is 9.56. The van der Waals surface area contributed by atoms with Gasteiger partial charge < -0.3 is 15.5 Å². The van der Waals surface area contributed by atoms with Gasteiger partial charge in [-0.3, -0.25) is 0 Å². The molecular formula is C13H19NO2. The third kappa shape index (κ3) is 3.45. The van der Waals surface area contributed by atoms with E-state index in [0.29, 0.717) is 13.0 Å². The lowest BCUT2D eigenvalue weighted by Crippen LogP contribution is -2.23. The summed E-state index contributed by atoms with van der Waals surface area (Å²) in [5.41, 5.74) is 1.73. The van der Waals surface area contributed by atoms with Gasteiger partial charge in [0.2, 0.25) is 0 Å². The van der Waals surface area contributed by atoms with Crippen molar-refractivity contribution < 1.29 is 10.2 Å². The fourth-order valence-electron chi connectivity index (χ4n) is 1.50. The fraction of sp³-hybridized carbons (Fsp3) is 0.385. The van der Waals surface area contributed by atoms with Crippen LogP contribution in [-0.2, 0) is 0 Å². The van der Waals surface area contributed by atoms with Gasteiger partial charge in [0, 0.05) is 0 Å². The summed E-state index contributed by atoms with van der Waals surface area (Å²) in [6.07, 6.45) is 0.711. The van der Waals surface area contributed by atoms with Gasteiger partial charge in [0.1, 0.15) is 6.10 Å². The maximum atomic E-state index is 9.88. The molecule has 1 aromatic rings. The number of nitrogens with one attached hydrogen (secondary N) is 1. The van der Waals surface area contributed by atoms with Crippen LogP contribution in [0.4, 0.5) is 0 Å². The third-order valence-corrected chi connectivity index (χ3v) is 2.57. The van der Waals surface area contributed by atoms with Gasteiger partial charge in [-0.15, -0.1) is 0 Å². The van der Waals surface area contributed by atoms with Gasteiger partial charge in [0.05, 0.1) is 6.10 Å². The third-order valence-electron chi connectivity index (χ3n) is 2.57. The van der Waals surface area contributed by atoms with Crippen LogP contribution < -0.4 is 5.32 Å². The first-order valence-electron chi connectivity index (χ1n) is 5.42. The Kier molecular flexibility index (Phi) is 5.19. The SMILES string of the molecule is C=Cc1ccc(C(O)C(O)CCNC)cc1. The minimum Gasteiger partial charge on any atom is -0.390 e. The van der Waals surface area contributed by atoms with Crippen molar-refractivity contribution in [1.29, 1.82) is 0 Å². The molecule has 0 heterocycles. The number of aliphatic hydroxyl groups excluding tert-OH is 2. The number of rotatable bonds is 6. The molecule has 3 heteroatoms. The van der Waals surface area contributed by atoms with Crippen LogP contribution in [0.5, 0.6) is 0 Å². The Morgan fingerprint density at radius 2 is 1.94 bits per heavy atom. The minimum absolute atomic E-state index is 0.529. The highest BCUT2D eigenvalue weighted by Gasteiger charge is 2.17. The Morgan fingerprint density at radius 3 is 2.44 bits per heavy atom. The van der Waals surface area contributed by atoms with Crippen LogP contribution in [0.2, 0.25) is 0 Å². The van der Waals surface area contributed by atoms with Crippen molar-refractivity contribution in [2.75, 3.05) is 13.6 Å². The maximum Gasteiger partial charge on any atom is 0.105 e. The van der Waals surface area contributed by atoms with Gasteiger partial charge >= 0.3 is 0 Å². The topological polar surface area (TPSA) is 52.5 Å². The number of aliphatic hydroxyl groups is 2. The molecule has 0 aliphatic carbocycles. The second-order valence-electron chi connectivity index (χ2n) is 3.78. The van der Waals surface area contributed by atoms with E-state index in [1.807, 2.05) is 31.3 Å². The second kappa shape index (κ2) is 6.43. The molecular weight excluding hydrogens is 202 g/mol. The van der Waals surface area contributed by atoms with E-state index in [4.69, 9.17) is 0 Å². The molecule has 0 radical (unpaired) electrons. The summed E-state index contributed by atoms with van der Waals surface area (Å²) < 4.78 is 0. The van der Waals surface area contributed by atoms with Crippen molar-refractivity contribution in [3.63, 3.8) is 0 Å². The van der Waals surface area contributed by atoms with E-state index in [0.717, 1.165) is 11.1 Å². The molecule has 0 spiro atoms. The van der Waals surface area contributed by atoms with Gasteiger partial charge in [-0.05, 0) is 31.1 Å². The Bertz CT molecular complexity index is 321. The number of benzene rings is 1. The van der Waals surface area contributed by atoms with Crippen LogP contribution in [0.1, 0.15) is 23.7 Å². The van der Waals surface area contributed by atoms with Crippen molar-refractivity contribution in [1.82, 2.24) is 5.32 Å². The van der Waals surface area contributed by atoms with Gasteiger partial charge in [-0.1, -0.05) is 36.9 Å². The molecule has 0 fully saturated rings. The van der Waals surface area contributed by atoms with E-state index in [2.05, 4.69) is 11.9 Å². The summed E-state index contributed by atoms with van der Waals surface area (Å²) in [4.78, 5) is 0. The monoisotopic (exact) mass is 221 g/mol. The Labute approximate surface area is 96.4 Å². The normalized spacial score (nSPS) is 14.4. The molecule has 3 N–H and O–H groups in total. The lowest BCUT2D eigenvalue weighted by atomic mass is 10.0. The highest BCUT2D eigenvalue weighted by atomic mass is 16.3. The highest BCUT2D eigenvalue weighted by Crippen LogP contribution is 2.19. The predicted molar refractivity (Wildman–Crippen MR) is 66.0 cm³/mol. The first-order valence-corrected chi connectivity index (χ1v) is 5.42. The highest BCUT2D eigenvalue weighted by molar-refractivity contribution is 5.47. The molecule has 0 aliphatic heterocycles. The molecule has 1 aromatic carbocycles. The van der Waals surface area contributed by atoms with E-state index in [-0.39, 0.29) is 0 Å². The zero-order valence-electron chi connectivity index (χ0n) is 9.56. The molecule has 0 saturated carbocycles. The molecule has 0 saturated heterocycles. The largest absolute Gasteiger partial charge is 0.390 e. The lowest BCUT2D eigenvalue weighted by Gasteiger charge is -2.18. The van der Waals surface area contributed by atoms with E-state index in [9.17, 15) is 10.2 Å². The summed E-state index contributed by atoms with van der Waals surface area (Å²) in [7, 11) is 1.82. The average molecular weight is 221 g/mol. The summed E-state index contributed by atoms with van der Waals surface area (Å²) >= 11 is 0. The first kappa shape index (κ1) is 12.9. The van der Waals surface area contributed by atoms with Crippen LogP contribution in [-0.4, -0.2) is 29.9 Å². The molecule has 0 bridgehead atoms. The molecule has 0 aromatic heterocycles. The Morgan fingerprint density at radius 1 is 1.31 bits per heavy atom. The molecule has 88 valence electrons. The van der Waals surface area contributed by atoms with Crippen LogP contribution in [0, 0.1) is 0 Å². The van der Waals surface area contributed by atoms with Crippen molar-refractivity contribution in [2.45, 2.75) is 18.6 Å². The molecule has 2 unspecified atom stereocenters. The van der Waals surface area contributed by atoms with Crippen molar-refractivity contribution in [3.8, 4) is 0 Å². The van der Waals surface area contributed by atoms with E-state index >= 15 is 0 Å². The maximum absolute atomic E-state index is 9.88. The molecule has 16 heavy (non-hydrogen) atoms. The smallest absolute Gasteiger partial charge is 0.105 e. The van der Waals surface area contributed by atoms with Crippen LogP contribution in [0.3, 0.4) is 0 Å². The second-order valence-corrected chi connectivity index (χ2v) is 3.78. The van der Waals surface area contributed by atoms with Gasteiger partial charge in [0.25, 0.3) is 0 Å². The van der Waals surface area contributed by atoms with Gasteiger partial charge in [-0.25, -0.2) is 0 Å². The summed E-state index contributed by atoms with van der Waals surface area (Å²) in [5.74, 6) is 0. The molecule has 0 aliphatic rings. The Hall–Kier alpha value is -1.16. The molecule has 0 amide bonds. The minimum atomic E-state index is -0.827. The Balaban J connectivity index is 2.64. The summed E-state index contributed by atoms with van der Waals surface area (Å²) in [6.45, 7) is 4.34. The summed E-state index contributed by atoms with van der Waals surface area (Å²) in [5, 5.41) is 22.5. The van der Waals surface area contributed by atoms with Crippen molar-refractivity contribution in [2.24, 2.45) is 0 Å². The van der Waals surface area contributed by atoms with Gasteiger partial charge in [-0.2, -0.15) is 0 Å². The van der Waals surface area contributed by atoms with Crippen LogP contribution in [0.15, 0.2) is 30.8 Å². The quantitative estimate of drug-likeness (QED) is 0.679.